The van der Waals surface area contributed by atoms with E-state index < -0.39 is 28.8 Å². The van der Waals surface area contributed by atoms with Gasteiger partial charge in [-0.2, -0.15) is 0 Å². The van der Waals surface area contributed by atoms with E-state index in [9.17, 15) is 24.9 Å². The Labute approximate surface area is 153 Å². The summed E-state index contributed by atoms with van der Waals surface area (Å²) in [6, 6.07) is 0. The smallest absolute Gasteiger partial charge is 0.190 e. The van der Waals surface area contributed by atoms with Gasteiger partial charge in [0.1, 0.15) is 18.0 Å². The standard InChI is InChI=1S/C21H26O5/c1-19-7-5-16-14(15(19)6-8-21(19,26)18(25)11-22)4-3-12-9-13(23)10-17(24)20(12,16)2/h3-4,9-10,14-16,22-23,26H,5-8,11H2,1-2H3/t14-,15-,16-,19-,20-,21-/m0/s1. The highest BCUT2D eigenvalue weighted by molar-refractivity contribution is 6.00. The maximum absolute atomic E-state index is 12.8. The van der Waals surface area contributed by atoms with Crippen LogP contribution in [0.5, 0.6) is 0 Å². The van der Waals surface area contributed by atoms with Gasteiger partial charge in [-0.05, 0) is 62.0 Å². The second-order valence-corrected chi connectivity index (χ2v) is 8.82. The van der Waals surface area contributed by atoms with E-state index in [0.29, 0.717) is 19.3 Å². The highest BCUT2D eigenvalue weighted by atomic mass is 16.3. The number of allylic oxidation sites excluding steroid dienone is 5. The minimum absolute atomic E-state index is 0.00462. The van der Waals surface area contributed by atoms with Crippen molar-refractivity contribution in [2.45, 2.75) is 45.1 Å². The van der Waals surface area contributed by atoms with Crippen LogP contribution in [0.15, 0.2) is 35.6 Å². The highest BCUT2D eigenvalue weighted by Gasteiger charge is 2.66. The third-order valence-electron chi connectivity index (χ3n) is 8.02. The van der Waals surface area contributed by atoms with Gasteiger partial charge in [-0.25, -0.2) is 0 Å². The molecule has 140 valence electrons. The van der Waals surface area contributed by atoms with E-state index in [2.05, 4.69) is 6.08 Å². The Balaban J connectivity index is 1.76. The Morgan fingerprint density at radius 1 is 1.19 bits per heavy atom. The number of fused-ring (bicyclic) bond motifs is 5. The molecule has 0 heterocycles. The Hall–Kier alpha value is -1.72. The lowest BCUT2D eigenvalue weighted by atomic mass is 9.48. The number of hydrogen-bond acceptors (Lipinski definition) is 5. The number of hydrogen-bond donors (Lipinski definition) is 3. The number of rotatable bonds is 2. The van der Waals surface area contributed by atoms with Crippen LogP contribution in [-0.4, -0.2) is 39.1 Å². The van der Waals surface area contributed by atoms with Crippen LogP contribution < -0.4 is 0 Å². The van der Waals surface area contributed by atoms with Crippen molar-refractivity contribution in [3.8, 4) is 0 Å². The maximum Gasteiger partial charge on any atom is 0.190 e. The van der Waals surface area contributed by atoms with Gasteiger partial charge >= 0.3 is 0 Å². The second kappa shape index (κ2) is 5.40. The molecule has 2 saturated carbocycles. The summed E-state index contributed by atoms with van der Waals surface area (Å²) in [5.74, 6) is -0.308. The van der Waals surface area contributed by atoms with E-state index in [1.54, 1.807) is 6.08 Å². The molecule has 6 atom stereocenters. The van der Waals surface area contributed by atoms with E-state index >= 15 is 0 Å². The topological polar surface area (TPSA) is 94.8 Å². The lowest BCUT2D eigenvalue weighted by molar-refractivity contribution is -0.162. The van der Waals surface area contributed by atoms with Gasteiger partial charge in [0.2, 0.25) is 0 Å². The Morgan fingerprint density at radius 3 is 2.58 bits per heavy atom. The summed E-state index contributed by atoms with van der Waals surface area (Å²) in [4.78, 5) is 25.1. The molecule has 0 bridgehead atoms. The minimum Gasteiger partial charge on any atom is -0.508 e. The molecular weight excluding hydrogens is 332 g/mol. The molecule has 5 nitrogen and oxygen atoms in total. The Kier molecular flexibility index (Phi) is 3.67. The molecule has 0 aromatic rings. The zero-order valence-corrected chi connectivity index (χ0v) is 15.2. The average molecular weight is 358 g/mol. The molecule has 3 N–H and O–H groups in total. The zero-order chi connectivity index (χ0) is 18.9. The van der Waals surface area contributed by atoms with E-state index in [-0.39, 0.29) is 29.3 Å². The third kappa shape index (κ3) is 1.93. The number of aliphatic hydroxyl groups excluding tert-OH is 2. The number of carbonyl (C=O) groups is 2. The van der Waals surface area contributed by atoms with Crippen LogP contribution >= 0.6 is 0 Å². The van der Waals surface area contributed by atoms with Crippen LogP contribution in [-0.2, 0) is 9.59 Å². The fourth-order valence-corrected chi connectivity index (χ4v) is 6.35. The Morgan fingerprint density at radius 2 is 1.88 bits per heavy atom. The van der Waals surface area contributed by atoms with Gasteiger partial charge in [-0.3, -0.25) is 9.59 Å². The molecule has 0 aliphatic heterocycles. The second-order valence-electron chi connectivity index (χ2n) is 8.82. The lowest BCUT2D eigenvalue weighted by Crippen LogP contribution is -2.58. The first-order chi connectivity index (χ1) is 12.2. The molecule has 5 heteroatoms. The van der Waals surface area contributed by atoms with Crippen molar-refractivity contribution in [3.63, 3.8) is 0 Å². The minimum atomic E-state index is -1.49. The average Bonchev–Trinajstić information content (AvgIpc) is 2.88. The maximum atomic E-state index is 12.8. The zero-order valence-electron chi connectivity index (χ0n) is 15.2. The first-order valence-electron chi connectivity index (χ1n) is 9.40. The largest absolute Gasteiger partial charge is 0.508 e. The number of ketones is 2. The molecule has 0 amide bonds. The monoisotopic (exact) mass is 358 g/mol. The molecule has 0 unspecified atom stereocenters. The van der Waals surface area contributed by atoms with Gasteiger partial charge in [0, 0.05) is 11.5 Å². The fourth-order valence-electron chi connectivity index (χ4n) is 6.35. The van der Waals surface area contributed by atoms with Gasteiger partial charge in [0.25, 0.3) is 0 Å². The molecule has 0 radical (unpaired) electrons. The van der Waals surface area contributed by atoms with Gasteiger partial charge in [0.15, 0.2) is 11.6 Å². The molecule has 0 aromatic carbocycles. The molecule has 26 heavy (non-hydrogen) atoms. The van der Waals surface area contributed by atoms with Crippen molar-refractivity contribution in [3.05, 3.63) is 35.6 Å². The first kappa shape index (κ1) is 17.7. The van der Waals surface area contributed by atoms with Crippen molar-refractivity contribution >= 4 is 11.6 Å². The van der Waals surface area contributed by atoms with Crippen molar-refractivity contribution in [1.29, 1.82) is 0 Å². The van der Waals surface area contributed by atoms with Crippen molar-refractivity contribution < 1.29 is 24.9 Å². The number of carbonyl (C=O) groups excluding carboxylic acids is 2. The van der Waals surface area contributed by atoms with E-state index in [1.165, 1.54) is 6.08 Å². The SMILES string of the molecule is C[C@]12C(=O)C=C(O)C=C1C=C[C@@H]1[C@@H]2CC[C@@]2(C)[C@H]1CC[C@]2(O)C(=O)CO. The van der Waals surface area contributed by atoms with Crippen molar-refractivity contribution in [1.82, 2.24) is 0 Å². The molecule has 0 aromatic heterocycles. The summed E-state index contributed by atoms with van der Waals surface area (Å²) in [5.41, 5.74) is -1.91. The summed E-state index contributed by atoms with van der Waals surface area (Å²) in [6.45, 7) is 3.27. The summed E-state index contributed by atoms with van der Waals surface area (Å²) < 4.78 is 0. The van der Waals surface area contributed by atoms with Crippen LogP contribution in [0.25, 0.3) is 0 Å². The van der Waals surface area contributed by atoms with Crippen LogP contribution in [0.4, 0.5) is 0 Å². The normalized spacial score (nSPS) is 46.8. The molecule has 4 aliphatic carbocycles. The quantitative estimate of drug-likeness (QED) is 0.704. The van der Waals surface area contributed by atoms with E-state index in [0.717, 1.165) is 12.0 Å². The summed E-state index contributed by atoms with van der Waals surface area (Å²) in [5, 5.41) is 30.3. The number of aliphatic hydroxyl groups is 3. The molecular formula is C21H26O5. The highest BCUT2D eigenvalue weighted by Crippen LogP contribution is 2.65. The predicted molar refractivity (Wildman–Crippen MR) is 95.1 cm³/mol. The third-order valence-corrected chi connectivity index (χ3v) is 8.02. The molecule has 0 spiro atoms. The summed E-state index contributed by atoms with van der Waals surface area (Å²) in [7, 11) is 0. The van der Waals surface area contributed by atoms with Gasteiger partial charge in [0.05, 0.1) is 5.41 Å². The molecule has 2 fully saturated rings. The van der Waals surface area contributed by atoms with Gasteiger partial charge in [-0.1, -0.05) is 19.1 Å². The summed E-state index contributed by atoms with van der Waals surface area (Å²) >= 11 is 0. The predicted octanol–water partition coefficient (Wildman–Crippen LogP) is 2.25. The Bertz CT molecular complexity index is 777. The molecule has 4 rings (SSSR count). The van der Waals surface area contributed by atoms with E-state index in [1.807, 2.05) is 19.9 Å². The van der Waals surface area contributed by atoms with Crippen LogP contribution in [0.3, 0.4) is 0 Å². The van der Waals surface area contributed by atoms with Crippen molar-refractivity contribution in [2.24, 2.45) is 28.6 Å². The fraction of sp³-hybridized carbons (Fsp3) is 0.619. The van der Waals surface area contributed by atoms with Crippen molar-refractivity contribution in [2.75, 3.05) is 6.61 Å². The van der Waals surface area contributed by atoms with E-state index in [4.69, 9.17) is 0 Å². The molecule has 4 aliphatic rings. The first-order valence-corrected chi connectivity index (χ1v) is 9.40. The lowest BCUT2D eigenvalue weighted by Gasteiger charge is -2.55. The number of Topliss-reactive ketones (excluding diaryl/α,β-unsaturated/α-hetero) is 1. The van der Waals surface area contributed by atoms with Crippen LogP contribution in [0, 0.1) is 28.6 Å². The van der Waals surface area contributed by atoms with Crippen LogP contribution in [0.2, 0.25) is 0 Å². The van der Waals surface area contributed by atoms with Crippen LogP contribution in [0.1, 0.15) is 39.5 Å². The van der Waals surface area contributed by atoms with Gasteiger partial charge < -0.3 is 15.3 Å². The van der Waals surface area contributed by atoms with Gasteiger partial charge in [-0.15, -0.1) is 0 Å². The summed E-state index contributed by atoms with van der Waals surface area (Å²) in [6.07, 6.45) is 9.43. The molecule has 0 saturated heterocycles.